The van der Waals surface area contributed by atoms with Crippen molar-refractivity contribution in [2.24, 2.45) is 11.8 Å². The summed E-state index contributed by atoms with van der Waals surface area (Å²) in [5.74, 6) is 0.155. The summed E-state index contributed by atoms with van der Waals surface area (Å²) < 4.78 is 5.03. The first-order chi connectivity index (χ1) is 5.57. The molecule has 1 unspecified atom stereocenters. The molecule has 70 valence electrons. The second-order valence-electron chi connectivity index (χ2n) is 3.34. The molecule has 0 aromatic heterocycles. The van der Waals surface area contributed by atoms with Crippen molar-refractivity contribution in [3.63, 3.8) is 0 Å². The van der Waals surface area contributed by atoms with Gasteiger partial charge in [0.25, 0.3) is 0 Å². The highest BCUT2D eigenvalue weighted by Gasteiger charge is 2.10. The fourth-order valence-electron chi connectivity index (χ4n) is 0.747. The predicted octanol–water partition coefficient (Wildman–Crippen LogP) is 2.40. The van der Waals surface area contributed by atoms with E-state index in [1.807, 2.05) is 39.8 Å². The lowest BCUT2D eigenvalue weighted by atomic mass is 10.2. The van der Waals surface area contributed by atoms with Gasteiger partial charge in [0.2, 0.25) is 0 Å². The quantitative estimate of drug-likeness (QED) is 0.478. The molecule has 2 heteroatoms. The van der Waals surface area contributed by atoms with Crippen LogP contribution in [0.25, 0.3) is 0 Å². The molecule has 0 aliphatic carbocycles. The van der Waals surface area contributed by atoms with Crippen LogP contribution in [0.1, 0.15) is 27.7 Å². The maximum Gasteiger partial charge on any atom is 0.312 e. The van der Waals surface area contributed by atoms with Gasteiger partial charge >= 0.3 is 5.97 Å². The molecule has 2 nitrogen and oxygen atoms in total. The molecule has 0 rings (SSSR count). The SMILES string of the molecule is CC=CC(C)C(=O)OCC(C)C. The van der Waals surface area contributed by atoms with Crippen LogP contribution in [0.4, 0.5) is 0 Å². The summed E-state index contributed by atoms with van der Waals surface area (Å²) in [4.78, 5) is 11.2. The van der Waals surface area contributed by atoms with E-state index in [4.69, 9.17) is 4.74 Å². The van der Waals surface area contributed by atoms with Crippen molar-refractivity contribution >= 4 is 5.97 Å². The highest BCUT2D eigenvalue weighted by molar-refractivity contribution is 5.73. The average molecular weight is 170 g/mol. The summed E-state index contributed by atoms with van der Waals surface area (Å²) >= 11 is 0. The van der Waals surface area contributed by atoms with E-state index in [9.17, 15) is 4.79 Å². The normalized spacial score (nSPS) is 13.8. The molecule has 0 amide bonds. The minimum atomic E-state index is -0.137. The van der Waals surface area contributed by atoms with Gasteiger partial charge in [-0.05, 0) is 19.8 Å². The number of hydrogen-bond acceptors (Lipinski definition) is 2. The van der Waals surface area contributed by atoms with Crippen LogP contribution in [0.5, 0.6) is 0 Å². The molecule has 0 fully saturated rings. The van der Waals surface area contributed by atoms with Crippen LogP contribution in [-0.2, 0) is 9.53 Å². The minimum Gasteiger partial charge on any atom is -0.465 e. The zero-order valence-corrected chi connectivity index (χ0v) is 8.33. The van der Waals surface area contributed by atoms with Gasteiger partial charge in [-0.15, -0.1) is 0 Å². The number of hydrogen-bond donors (Lipinski definition) is 0. The van der Waals surface area contributed by atoms with Gasteiger partial charge in [0.15, 0.2) is 0 Å². The third kappa shape index (κ3) is 4.94. The van der Waals surface area contributed by atoms with Gasteiger partial charge < -0.3 is 4.74 Å². The van der Waals surface area contributed by atoms with Crippen molar-refractivity contribution in [1.29, 1.82) is 0 Å². The molecule has 0 heterocycles. The third-order valence-electron chi connectivity index (χ3n) is 1.41. The lowest BCUT2D eigenvalue weighted by molar-refractivity contribution is -0.147. The van der Waals surface area contributed by atoms with Gasteiger partial charge in [-0.1, -0.05) is 26.0 Å². The van der Waals surface area contributed by atoms with Crippen molar-refractivity contribution in [1.82, 2.24) is 0 Å². The fraction of sp³-hybridized carbons (Fsp3) is 0.700. The summed E-state index contributed by atoms with van der Waals surface area (Å²) in [6, 6.07) is 0. The lowest BCUT2D eigenvalue weighted by Crippen LogP contribution is -2.15. The highest BCUT2D eigenvalue weighted by atomic mass is 16.5. The van der Waals surface area contributed by atoms with Crippen LogP contribution in [0.15, 0.2) is 12.2 Å². The number of esters is 1. The fourth-order valence-corrected chi connectivity index (χ4v) is 0.747. The molecule has 0 aliphatic heterocycles. The van der Waals surface area contributed by atoms with E-state index in [0.29, 0.717) is 12.5 Å². The van der Waals surface area contributed by atoms with Gasteiger partial charge in [-0.2, -0.15) is 0 Å². The van der Waals surface area contributed by atoms with Crippen LogP contribution in [0.3, 0.4) is 0 Å². The molecule has 0 aliphatic rings. The molecular formula is C10H18O2. The van der Waals surface area contributed by atoms with E-state index in [-0.39, 0.29) is 11.9 Å². The predicted molar refractivity (Wildman–Crippen MR) is 49.8 cm³/mol. The smallest absolute Gasteiger partial charge is 0.312 e. The maximum atomic E-state index is 11.2. The Morgan fingerprint density at radius 3 is 2.42 bits per heavy atom. The van der Waals surface area contributed by atoms with Gasteiger partial charge in [0.1, 0.15) is 0 Å². The Morgan fingerprint density at radius 2 is 2.00 bits per heavy atom. The van der Waals surface area contributed by atoms with Crippen LogP contribution < -0.4 is 0 Å². The van der Waals surface area contributed by atoms with Gasteiger partial charge in [-0.3, -0.25) is 4.79 Å². The summed E-state index contributed by atoms with van der Waals surface area (Å²) in [5.41, 5.74) is 0. The highest BCUT2D eigenvalue weighted by Crippen LogP contribution is 2.02. The second-order valence-corrected chi connectivity index (χ2v) is 3.34. The van der Waals surface area contributed by atoms with Crippen molar-refractivity contribution < 1.29 is 9.53 Å². The molecule has 12 heavy (non-hydrogen) atoms. The summed E-state index contributed by atoms with van der Waals surface area (Å²) in [6.45, 7) is 8.29. The largest absolute Gasteiger partial charge is 0.465 e. The summed E-state index contributed by atoms with van der Waals surface area (Å²) in [6.07, 6.45) is 3.70. The first-order valence-corrected chi connectivity index (χ1v) is 4.37. The molecule has 0 saturated carbocycles. The monoisotopic (exact) mass is 170 g/mol. The first-order valence-electron chi connectivity index (χ1n) is 4.37. The maximum absolute atomic E-state index is 11.2. The van der Waals surface area contributed by atoms with E-state index in [1.54, 1.807) is 0 Å². The van der Waals surface area contributed by atoms with Crippen molar-refractivity contribution in [2.45, 2.75) is 27.7 Å². The van der Waals surface area contributed by atoms with Crippen molar-refractivity contribution in [3.8, 4) is 0 Å². The van der Waals surface area contributed by atoms with Gasteiger partial charge in [0, 0.05) is 0 Å². The Labute approximate surface area is 74.6 Å². The molecule has 0 spiro atoms. The van der Waals surface area contributed by atoms with Crippen LogP contribution in [0, 0.1) is 11.8 Å². The molecule has 0 N–H and O–H groups in total. The van der Waals surface area contributed by atoms with E-state index in [2.05, 4.69) is 0 Å². The first kappa shape index (κ1) is 11.2. The van der Waals surface area contributed by atoms with Crippen LogP contribution in [-0.4, -0.2) is 12.6 Å². The molecular weight excluding hydrogens is 152 g/mol. The van der Waals surface area contributed by atoms with Crippen LogP contribution in [0.2, 0.25) is 0 Å². The van der Waals surface area contributed by atoms with Crippen LogP contribution >= 0.6 is 0 Å². The molecule has 0 aromatic carbocycles. The Morgan fingerprint density at radius 1 is 1.42 bits per heavy atom. The van der Waals surface area contributed by atoms with Crippen molar-refractivity contribution in [3.05, 3.63) is 12.2 Å². The van der Waals surface area contributed by atoms with E-state index in [0.717, 1.165) is 0 Å². The third-order valence-corrected chi connectivity index (χ3v) is 1.41. The van der Waals surface area contributed by atoms with E-state index < -0.39 is 0 Å². The average Bonchev–Trinajstić information content (AvgIpc) is 2.00. The Balaban J connectivity index is 3.72. The van der Waals surface area contributed by atoms with E-state index in [1.165, 1.54) is 0 Å². The minimum absolute atomic E-state index is 0.117. The number of carbonyl (C=O) groups excluding carboxylic acids is 1. The standard InChI is InChI=1S/C10H18O2/c1-5-6-9(4)10(11)12-7-8(2)3/h5-6,8-9H,7H2,1-4H3. The molecule has 0 aromatic rings. The lowest BCUT2D eigenvalue weighted by Gasteiger charge is -2.09. The Hall–Kier alpha value is -0.790. The molecule has 0 bridgehead atoms. The molecule has 0 saturated heterocycles. The van der Waals surface area contributed by atoms with Gasteiger partial charge in [0.05, 0.1) is 12.5 Å². The zero-order valence-electron chi connectivity index (χ0n) is 8.33. The summed E-state index contributed by atoms with van der Waals surface area (Å²) in [7, 11) is 0. The van der Waals surface area contributed by atoms with Crippen molar-refractivity contribution in [2.75, 3.05) is 6.61 Å². The Kier molecular flexibility index (Phi) is 5.43. The molecule has 1 atom stereocenters. The number of carbonyl (C=O) groups is 1. The number of ether oxygens (including phenoxy) is 1. The molecule has 0 radical (unpaired) electrons. The number of allylic oxidation sites excluding steroid dienone is 1. The second kappa shape index (κ2) is 5.81. The Bertz CT molecular complexity index is 159. The topological polar surface area (TPSA) is 26.3 Å². The number of rotatable bonds is 4. The zero-order chi connectivity index (χ0) is 9.56. The van der Waals surface area contributed by atoms with E-state index >= 15 is 0 Å². The van der Waals surface area contributed by atoms with Gasteiger partial charge in [-0.25, -0.2) is 0 Å². The summed E-state index contributed by atoms with van der Waals surface area (Å²) in [5, 5.41) is 0.